The highest BCUT2D eigenvalue weighted by molar-refractivity contribution is 5.56. The lowest BCUT2D eigenvalue weighted by Crippen LogP contribution is -2.48. The van der Waals surface area contributed by atoms with Gasteiger partial charge < -0.3 is 20.5 Å². The van der Waals surface area contributed by atoms with Crippen LogP contribution in [0.2, 0.25) is 0 Å². The molecule has 0 spiro atoms. The number of hydrogen-bond donors (Lipinski definition) is 2. The second kappa shape index (κ2) is 5.49. The summed E-state index contributed by atoms with van der Waals surface area (Å²) >= 11 is 0. The van der Waals surface area contributed by atoms with Gasteiger partial charge in [-0.15, -0.1) is 0 Å². The Morgan fingerprint density at radius 3 is 2.94 bits per heavy atom. The van der Waals surface area contributed by atoms with Crippen LogP contribution in [-0.4, -0.2) is 47.0 Å². The van der Waals surface area contributed by atoms with E-state index >= 15 is 0 Å². The van der Waals surface area contributed by atoms with E-state index in [4.69, 9.17) is 10.5 Å². The predicted molar refractivity (Wildman–Crippen MR) is 69.5 cm³/mol. The Hall–Kier alpha value is -1.40. The van der Waals surface area contributed by atoms with E-state index in [0.29, 0.717) is 12.4 Å². The van der Waals surface area contributed by atoms with Gasteiger partial charge in [0.25, 0.3) is 0 Å². The molecule has 3 N–H and O–H groups in total. The second-order valence-electron chi connectivity index (χ2n) is 4.57. The van der Waals surface area contributed by atoms with E-state index in [1.165, 1.54) is 6.33 Å². The Bertz CT molecular complexity index is 413. The van der Waals surface area contributed by atoms with Crippen LogP contribution >= 0.6 is 0 Å². The number of hydrogen-bond acceptors (Lipinski definition) is 6. The van der Waals surface area contributed by atoms with Crippen molar-refractivity contribution in [2.75, 3.05) is 30.3 Å². The Kier molecular flexibility index (Phi) is 3.98. The highest BCUT2D eigenvalue weighted by atomic mass is 16.5. The number of nitrogens with two attached hydrogens (primary N) is 1. The standard InChI is InChI=1S/C12H20N4O2/c1-3-10-11(13)14-7-15-12(10)16-4-8(2)18-9(5-16)6-17/h7-9,17H,3-6H2,1-2H3,(H2,13,14,15). The van der Waals surface area contributed by atoms with Gasteiger partial charge in [0.15, 0.2) is 0 Å². The van der Waals surface area contributed by atoms with Crippen LogP contribution in [-0.2, 0) is 11.2 Å². The van der Waals surface area contributed by atoms with Gasteiger partial charge in [-0.1, -0.05) is 6.92 Å². The number of aliphatic hydroxyl groups excluding tert-OH is 1. The van der Waals surface area contributed by atoms with Crippen LogP contribution in [0.25, 0.3) is 0 Å². The number of nitrogen functional groups attached to an aromatic ring is 1. The monoisotopic (exact) mass is 252 g/mol. The van der Waals surface area contributed by atoms with E-state index in [0.717, 1.165) is 24.3 Å². The third-order valence-corrected chi connectivity index (χ3v) is 3.14. The lowest BCUT2D eigenvalue weighted by atomic mass is 10.1. The maximum atomic E-state index is 9.25. The average molecular weight is 252 g/mol. The minimum Gasteiger partial charge on any atom is -0.394 e. The van der Waals surface area contributed by atoms with Crippen molar-refractivity contribution < 1.29 is 9.84 Å². The zero-order valence-electron chi connectivity index (χ0n) is 10.8. The SMILES string of the molecule is CCc1c(N)ncnc1N1CC(C)OC(CO)C1. The molecule has 6 heteroatoms. The van der Waals surface area contributed by atoms with E-state index in [1.807, 2.05) is 13.8 Å². The van der Waals surface area contributed by atoms with Gasteiger partial charge >= 0.3 is 0 Å². The second-order valence-corrected chi connectivity index (χ2v) is 4.57. The molecule has 1 aromatic rings. The number of nitrogens with zero attached hydrogens (tertiary/aromatic N) is 3. The van der Waals surface area contributed by atoms with Gasteiger partial charge in [-0.2, -0.15) is 0 Å². The molecule has 0 amide bonds. The minimum absolute atomic E-state index is 0.0167. The number of anilines is 2. The lowest BCUT2D eigenvalue weighted by Gasteiger charge is -2.37. The van der Waals surface area contributed by atoms with Crippen LogP contribution in [0.15, 0.2) is 6.33 Å². The molecule has 6 nitrogen and oxygen atoms in total. The Morgan fingerprint density at radius 1 is 1.50 bits per heavy atom. The van der Waals surface area contributed by atoms with E-state index in [1.54, 1.807) is 0 Å². The van der Waals surface area contributed by atoms with Crippen molar-refractivity contribution in [2.45, 2.75) is 32.5 Å². The molecule has 0 bridgehead atoms. The van der Waals surface area contributed by atoms with Crippen molar-refractivity contribution >= 4 is 11.6 Å². The summed E-state index contributed by atoms with van der Waals surface area (Å²) in [5, 5.41) is 9.25. The molecule has 0 aromatic carbocycles. The van der Waals surface area contributed by atoms with Crippen LogP contribution < -0.4 is 10.6 Å². The van der Waals surface area contributed by atoms with Gasteiger partial charge in [0.1, 0.15) is 18.0 Å². The number of aliphatic hydroxyl groups is 1. The summed E-state index contributed by atoms with van der Waals surface area (Å²) in [6, 6.07) is 0. The van der Waals surface area contributed by atoms with Gasteiger partial charge in [-0.25, -0.2) is 9.97 Å². The molecule has 2 atom stereocenters. The fraction of sp³-hybridized carbons (Fsp3) is 0.667. The first-order chi connectivity index (χ1) is 8.65. The summed E-state index contributed by atoms with van der Waals surface area (Å²) < 4.78 is 5.62. The van der Waals surface area contributed by atoms with Crippen LogP contribution in [0.3, 0.4) is 0 Å². The molecule has 1 fully saturated rings. The highest BCUT2D eigenvalue weighted by Gasteiger charge is 2.27. The molecular formula is C12H20N4O2. The van der Waals surface area contributed by atoms with Gasteiger partial charge in [0, 0.05) is 18.7 Å². The molecule has 2 unspecified atom stereocenters. The molecule has 18 heavy (non-hydrogen) atoms. The van der Waals surface area contributed by atoms with Crippen molar-refractivity contribution in [3.63, 3.8) is 0 Å². The van der Waals surface area contributed by atoms with Gasteiger partial charge in [0.2, 0.25) is 0 Å². The summed E-state index contributed by atoms with van der Waals surface area (Å²) in [6.07, 6.45) is 2.17. The molecule has 100 valence electrons. The maximum absolute atomic E-state index is 9.25. The summed E-state index contributed by atoms with van der Waals surface area (Å²) in [7, 11) is 0. The zero-order chi connectivity index (χ0) is 13.1. The van der Waals surface area contributed by atoms with Crippen molar-refractivity contribution in [2.24, 2.45) is 0 Å². The molecular weight excluding hydrogens is 232 g/mol. The van der Waals surface area contributed by atoms with Crippen molar-refractivity contribution in [1.82, 2.24) is 9.97 Å². The fourth-order valence-electron chi connectivity index (χ4n) is 2.35. The number of rotatable bonds is 3. The van der Waals surface area contributed by atoms with E-state index in [9.17, 15) is 5.11 Å². The molecule has 0 radical (unpaired) electrons. The van der Waals surface area contributed by atoms with Crippen molar-refractivity contribution in [3.8, 4) is 0 Å². The minimum atomic E-state index is -0.172. The first-order valence-corrected chi connectivity index (χ1v) is 6.26. The highest BCUT2D eigenvalue weighted by Crippen LogP contribution is 2.25. The fourth-order valence-corrected chi connectivity index (χ4v) is 2.35. The third kappa shape index (κ3) is 2.54. The number of aromatic nitrogens is 2. The predicted octanol–water partition coefficient (Wildman–Crippen LogP) is 0.207. The van der Waals surface area contributed by atoms with Crippen LogP contribution in [0.1, 0.15) is 19.4 Å². The molecule has 1 aromatic heterocycles. The summed E-state index contributed by atoms with van der Waals surface area (Å²) in [5.41, 5.74) is 6.84. The van der Waals surface area contributed by atoms with E-state index in [-0.39, 0.29) is 18.8 Å². The Balaban J connectivity index is 2.27. The zero-order valence-corrected chi connectivity index (χ0v) is 10.8. The summed E-state index contributed by atoms with van der Waals surface area (Å²) in [4.78, 5) is 10.5. The van der Waals surface area contributed by atoms with Crippen molar-refractivity contribution in [3.05, 3.63) is 11.9 Å². The Morgan fingerprint density at radius 2 is 2.28 bits per heavy atom. The first-order valence-electron chi connectivity index (χ1n) is 6.26. The smallest absolute Gasteiger partial charge is 0.137 e. The summed E-state index contributed by atoms with van der Waals surface area (Å²) in [5.74, 6) is 1.39. The van der Waals surface area contributed by atoms with Gasteiger partial charge in [-0.3, -0.25) is 0 Å². The normalized spacial score (nSPS) is 24.3. The molecule has 0 aliphatic carbocycles. The summed E-state index contributed by atoms with van der Waals surface area (Å²) in [6.45, 7) is 5.42. The molecule has 1 aliphatic rings. The third-order valence-electron chi connectivity index (χ3n) is 3.14. The molecule has 1 aliphatic heterocycles. The van der Waals surface area contributed by atoms with Crippen LogP contribution in [0, 0.1) is 0 Å². The van der Waals surface area contributed by atoms with Crippen LogP contribution in [0.4, 0.5) is 11.6 Å². The largest absolute Gasteiger partial charge is 0.394 e. The molecule has 1 saturated heterocycles. The maximum Gasteiger partial charge on any atom is 0.137 e. The Labute approximate surface area is 107 Å². The van der Waals surface area contributed by atoms with Crippen molar-refractivity contribution in [1.29, 1.82) is 0 Å². The van der Waals surface area contributed by atoms with E-state index < -0.39 is 0 Å². The molecule has 2 heterocycles. The lowest BCUT2D eigenvalue weighted by molar-refractivity contribution is -0.0423. The van der Waals surface area contributed by atoms with Gasteiger partial charge in [-0.05, 0) is 13.3 Å². The number of ether oxygens (including phenoxy) is 1. The first kappa shape index (κ1) is 13.0. The average Bonchev–Trinajstić information content (AvgIpc) is 2.37. The topological polar surface area (TPSA) is 84.5 Å². The van der Waals surface area contributed by atoms with Gasteiger partial charge in [0.05, 0.1) is 18.8 Å². The molecule has 0 saturated carbocycles. The van der Waals surface area contributed by atoms with E-state index in [2.05, 4.69) is 14.9 Å². The number of morpholine rings is 1. The quantitative estimate of drug-likeness (QED) is 0.800. The van der Waals surface area contributed by atoms with Crippen LogP contribution in [0.5, 0.6) is 0 Å². The molecule has 2 rings (SSSR count).